The van der Waals surface area contributed by atoms with Crippen molar-refractivity contribution in [3.8, 4) is 11.5 Å². The van der Waals surface area contributed by atoms with Gasteiger partial charge in [-0.05, 0) is 35.9 Å². The normalized spacial score (nSPS) is 15.5. The molecular weight excluding hydrogens is 350 g/mol. The third kappa shape index (κ3) is 3.55. The van der Waals surface area contributed by atoms with E-state index < -0.39 is 6.03 Å². The zero-order valence-corrected chi connectivity index (χ0v) is 14.4. The van der Waals surface area contributed by atoms with Gasteiger partial charge in [-0.25, -0.2) is 4.79 Å². The highest BCUT2D eigenvalue weighted by Crippen LogP contribution is 2.31. The predicted molar refractivity (Wildman–Crippen MR) is 95.8 cm³/mol. The number of ether oxygens (including phenoxy) is 2. The number of imide groups is 1. The first-order valence-electron chi connectivity index (χ1n) is 8.48. The topological polar surface area (TPSA) is 97.0 Å². The first kappa shape index (κ1) is 16.9. The highest BCUT2D eigenvalue weighted by Gasteiger charge is 2.28. The summed E-state index contributed by atoms with van der Waals surface area (Å²) in [6.07, 6.45) is 0. The van der Waals surface area contributed by atoms with Crippen LogP contribution in [0.25, 0.3) is 0 Å². The van der Waals surface area contributed by atoms with Crippen molar-refractivity contribution in [2.75, 3.05) is 25.1 Å². The Kier molecular flexibility index (Phi) is 4.37. The third-order valence-corrected chi connectivity index (χ3v) is 4.27. The molecule has 8 nitrogen and oxygen atoms in total. The van der Waals surface area contributed by atoms with Crippen molar-refractivity contribution >= 4 is 23.5 Å². The molecule has 0 saturated carbocycles. The average Bonchev–Trinajstić information content (AvgIpc) is 3.00. The maximum absolute atomic E-state index is 12.5. The number of benzene rings is 2. The number of hydrogen-bond acceptors (Lipinski definition) is 5. The second kappa shape index (κ2) is 6.99. The number of carbonyl (C=O) groups excluding carboxylic acids is 3. The number of carbonyl (C=O) groups is 3. The minimum atomic E-state index is -0.411. The number of anilines is 1. The number of urea groups is 1. The first-order chi connectivity index (χ1) is 13.1. The van der Waals surface area contributed by atoms with Gasteiger partial charge in [0.1, 0.15) is 13.2 Å². The van der Waals surface area contributed by atoms with Crippen LogP contribution >= 0.6 is 0 Å². The van der Waals surface area contributed by atoms with E-state index in [1.165, 1.54) is 0 Å². The number of nitrogens with zero attached hydrogens (tertiary/aromatic N) is 1. The van der Waals surface area contributed by atoms with Gasteiger partial charge in [0.05, 0.1) is 13.1 Å². The lowest BCUT2D eigenvalue weighted by molar-refractivity contribution is -0.125. The highest BCUT2D eigenvalue weighted by molar-refractivity contribution is 6.05. The molecule has 0 radical (unpaired) electrons. The number of hydrogen-bond donors (Lipinski definition) is 2. The molecule has 0 bridgehead atoms. The van der Waals surface area contributed by atoms with Gasteiger partial charge in [-0.2, -0.15) is 0 Å². The molecule has 2 aliphatic heterocycles. The summed E-state index contributed by atoms with van der Waals surface area (Å²) in [5, 5.41) is 5.29. The van der Waals surface area contributed by atoms with Crippen LogP contribution in [0.5, 0.6) is 11.5 Å². The lowest BCUT2D eigenvalue weighted by Crippen LogP contribution is -2.30. The van der Waals surface area contributed by atoms with E-state index in [-0.39, 0.29) is 24.9 Å². The number of amides is 4. The zero-order chi connectivity index (χ0) is 18.8. The Labute approximate surface area is 155 Å². The van der Waals surface area contributed by atoms with Crippen LogP contribution < -0.4 is 20.1 Å². The lowest BCUT2D eigenvalue weighted by atomic mass is 10.1. The Hall–Kier alpha value is -3.55. The van der Waals surface area contributed by atoms with E-state index in [4.69, 9.17) is 9.47 Å². The van der Waals surface area contributed by atoms with Crippen LogP contribution in [0.1, 0.15) is 15.9 Å². The fourth-order valence-electron chi connectivity index (χ4n) is 2.93. The fraction of sp³-hybridized carbons (Fsp3) is 0.211. The van der Waals surface area contributed by atoms with Gasteiger partial charge >= 0.3 is 6.03 Å². The van der Waals surface area contributed by atoms with E-state index in [1.54, 1.807) is 42.5 Å². The van der Waals surface area contributed by atoms with Gasteiger partial charge < -0.3 is 20.1 Å². The second-order valence-corrected chi connectivity index (χ2v) is 6.15. The van der Waals surface area contributed by atoms with E-state index in [2.05, 4.69) is 10.6 Å². The highest BCUT2D eigenvalue weighted by atomic mass is 16.6. The van der Waals surface area contributed by atoms with E-state index >= 15 is 0 Å². The van der Waals surface area contributed by atoms with Gasteiger partial charge in [-0.15, -0.1) is 0 Å². The molecular formula is C19H17N3O5. The molecule has 4 amide bonds. The van der Waals surface area contributed by atoms with Crippen molar-refractivity contribution in [1.29, 1.82) is 0 Å². The van der Waals surface area contributed by atoms with Crippen molar-refractivity contribution in [3.05, 3.63) is 53.6 Å². The van der Waals surface area contributed by atoms with Crippen molar-refractivity contribution in [1.82, 2.24) is 10.2 Å². The van der Waals surface area contributed by atoms with Gasteiger partial charge in [0, 0.05) is 11.3 Å². The zero-order valence-electron chi connectivity index (χ0n) is 14.4. The molecule has 2 aromatic carbocycles. The quantitative estimate of drug-likeness (QED) is 0.803. The molecule has 0 unspecified atom stereocenters. The summed E-state index contributed by atoms with van der Waals surface area (Å²) >= 11 is 0. The summed E-state index contributed by atoms with van der Waals surface area (Å²) in [7, 11) is 0. The number of fused-ring (bicyclic) bond motifs is 1. The molecule has 27 heavy (non-hydrogen) atoms. The Morgan fingerprint density at radius 1 is 1.07 bits per heavy atom. The molecule has 4 rings (SSSR count). The van der Waals surface area contributed by atoms with Crippen molar-refractivity contribution in [2.45, 2.75) is 6.54 Å². The molecule has 0 aliphatic carbocycles. The fourth-order valence-corrected chi connectivity index (χ4v) is 2.93. The van der Waals surface area contributed by atoms with E-state index in [1.807, 2.05) is 0 Å². The largest absolute Gasteiger partial charge is 0.486 e. The molecule has 138 valence electrons. The molecule has 0 aromatic heterocycles. The van der Waals surface area contributed by atoms with Gasteiger partial charge in [0.25, 0.3) is 5.91 Å². The maximum atomic E-state index is 12.5. The second-order valence-electron chi connectivity index (χ2n) is 6.15. The maximum Gasteiger partial charge on any atom is 0.324 e. The molecule has 8 heteroatoms. The van der Waals surface area contributed by atoms with Crippen LogP contribution in [0.15, 0.2) is 42.5 Å². The van der Waals surface area contributed by atoms with Crippen LogP contribution in [-0.4, -0.2) is 42.5 Å². The Bertz CT molecular complexity index is 911. The summed E-state index contributed by atoms with van der Waals surface area (Å²) in [5.74, 6) is 0.597. The number of nitrogens with one attached hydrogen (secondary N) is 2. The Morgan fingerprint density at radius 2 is 1.89 bits per heavy atom. The molecule has 2 N–H and O–H groups in total. The molecule has 2 aromatic rings. The summed E-state index contributed by atoms with van der Waals surface area (Å²) in [6, 6.07) is 11.6. The van der Waals surface area contributed by atoms with Crippen LogP contribution in [0.4, 0.5) is 10.5 Å². The van der Waals surface area contributed by atoms with Gasteiger partial charge in [-0.1, -0.05) is 12.1 Å². The SMILES string of the molecule is O=C(Nc1cccc(CN2C(=O)CNC2=O)c1)c1ccc2c(c1)OCCO2. The summed E-state index contributed by atoms with van der Waals surface area (Å²) in [4.78, 5) is 37.0. The van der Waals surface area contributed by atoms with Crippen LogP contribution in [0, 0.1) is 0 Å². The molecule has 2 heterocycles. The van der Waals surface area contributed by atoms with E-state index in [9.17, 15) is 14.4 Å². The minimum absolute atomic E-state index is 0.0133. The van der Waals surface area contributed by atoms with E-state index in [0.717, 1.165) is 10.5 Å². The van der Waals surface area contributed by atoms with Crippen LogP contribution in [0.2, 0.25) is 0 Å². The summed E-state index contributed by atoms with van der Waals surface area (Å²) in [5.41, 5.74) is 1.75. The Balaban J connectivity index is 1.47. The van der Waals surface area contributed by atoms with Crippen LogP contribution in [0.3, 0.4) is 0 Å². The molecule has 2 aliphatic rings. The standard InChI is InChI=1S/C19H17N3O5/c23-17-10-20-19(25)22(17)11-12-2-1-3-14(8-12)21-18(24)13-4-5-15-16(9-13)27-7-6-26-15/h1-5,8-9H,6-7,10-11H2,(H,20,25)(H,21,24). The number of rotatable bonds is 4. The van der Waals surface area contributed by atoms with Gasteiger partial charge in [0.15, 0.2) is 11.5 Å². The minimum Gasteiger partial charge on any atom is -0.486 e. The van der Waals surface area contributed by atoms with Gasteiger partial charge in [0.2, 0.25) is 5.91 Å². The predicted octanol–water partition coefficient (Wildman–Crippen LogP) is 1.76. The smallest absolute Gasteiger partial charge is 0.324 e. The van der Waals surface area contributed by atoms with E-state index in [0.29, 0.717) is 36.0 Å². The van der Waals surface area contributed by atoms with Gasteiger partial charge in [-0.3, -0.25) is 14.5 Å². The van der Waals surface area contributed by atoms with Crippen molar-refractivity contribution < 1.29 is 23.9 Å². The van der Waals surface area contributed by atoms with Crippen LogP contribution in [-0.2, 0) is 11.3 Å². The summed E-state index contributed by atoms with van der Waals surface area (Å²) < 4.78 is 10.9. The van der Waals surface area contributed by atoms with Crippen molar-refractivity contribution in [2.24, 2.45) is 0 Å². The molecule has 0 atom stereocenters. The third-order valence-electron chi connectivity index (χ3n) is 4.27. The molecule has 0 spiro atoms. The molecule has 1 fully saturated rings. The van der Waals surface area contributed by atoms with Crippen molar-refractivity contribution in [3.63, 3.8) is 0 Å². The lowest BCUT2D eigenvalue weighted by Gasteiger charge is -2.18. The first-order valence-corrected chi connectivity index (χ1v) is 8.48. The average molecular weight is 367 g/mol. The summed E-state index contributed by atoms with van der Waals surface area (Å²) in [6.45, 7) is 1.10. The molecule has 1 saturated heterocycles. The Morgan fingerprint density at radius 3 is 2.67 bits per heavy atom. The monoisotopic (exact) mass is 367 g/mol.